The highest BCUT2D eigenvalue weighted by molar-refractivity contribution is 5.99. The van der Waals surface area contributed by atoms with E-state index in [-0.39, 0.29) is 45.1 Å². The maximum Gasteiger partial charge on any atom is 0.347 e. The van der Waals surface area contributed by atoms with Crippen LogP contribution in [0, 0.1) is 0 Å². The first-order valence-electron chi connectivity index (χ1n) is 19.4. The number of hydrogen-bond acceptors (Lipinski definition) is 16. The zero-order valence-electron chi connectivity index (χ0n) is 35.9. The highest BCUT2D eigenvalue weighted by atomic mass is 16.5. The number of rotatable bonds is 15. The molecule has 0 fully saturated rings. The highest BCUT2D eigenvalue weighted by Gasteiger charge is 2.21. The first-order valence-corrected chi connectivity index (χ1v) is 19.4. The molecule has 0 radical (unpaired) electrons. The van der Waals surface area contributed by atoms with Crippen molar-refractivity contribution in [3.05, 3.63) is 119 Å². The maximum atomic E-state index is 12.5. The molecule has 0 aliphatic carbocycles. The Morgan fingerprint density at radius 2 is 0.938 bits per heavy atom. The Hall–Kier alpha value is -8.35. The number of benzene rings is 5. The van der Waals surface area contributed by atoms with Gasteiger partial charge in [-0.25, -0.2) is 24.0 Å². The molecule has 5 aromatic carbocycles. The molecule has 0 spiro atoms. The summed E-state index contributed by atoms with van der Waals surface area (Å²) >= 11 is 0. The fourth-order valence-corrected chi connectivity index (χ4v) is 5.16. The van der Waals surface area contributed by atoms with Crippen LogP contribution in [0.25, 0.3) is 0 Å². The number of carboxylic acid groups (broad SMARTS) is 3. The smallest absolute Gasteiger partial charge is 0.347 e. The quantitative estimate of drug-likeness (QED) is 0.0306. The van der Waals surface area contributed by atoms with E-state index in [0.717, 1.165) is 6.42 Å². The molecule has 0 saturated carbocycles. The fraction of sp³-hybridized carbons (Fsp3) is 0.222. The molecule has 0 saturated heterocycles. The van der Waals surface area contributed by atoms with Crippen molar-refractivity contribution >= 4 is 58.3 Å². The van der Waals surface area contributed by atoms with Gasteiger partial charge < -0.3 is 72.4 Å². The summed E-state index contributed by atoms with van der Waals surface area (Å²) in [5.74, 6) is -3.24. The van der Waals surface area contributed by atoms with E-state index in [2.05, 4.69) is 4.74 Å². The number of nitrogen functional groups attached to an aromatic ring is 5. The second kappa shape index (κ2) is 26.1. The predicted octanol–water partition coefficient (Wildman–Crippen LogP) is 6.74. The van der Waals surface area contributed by atoms with Gasteiger partial charge in [-0.2, -0.15) is 0 Å². The average Bonchev–Trinajstić information content (AvgIpc) is 3.25. The van der Waals surface area contributed by atoms with E-state index in [4.69, 9.17) is 67.7 Å². The molecule has 5 rings (SSSR count). The van der Waals surface area contributed by atoms with Gasteiger partial charge in [0.05, 0.1) is 44.9 Å². The predicted molar refractivity (Wildman–Crippen MR) is 241 cm³/mol. The highest BCUT2D eigenvalue weighted by Crippen LogP contribution is 2.30. The summed E-state index contributed by atoms with van der Waals surface area (Å²) in [5.41, 5.74) is 30.5. The van der Waals surface area contributed by atoms with Crippen molar-refractivity contribution in [1.29, 1.82) is 0 Å². The third-order valence-corrected chi connectivity index (χ3v) is 7.96. The van der Waals surface area contributed by atoms with E-state index < -0.39 is 29.8 Å². The van der Waals surface area contributed by atoms with Crippen LogP contribution in [0.15, 0.2) is 91.0 Å². The van der Waals surface area contributed by atoms with Gasteiger partial charge in [0.25, 0.3) is 0 Å². The summed E-state index contributed by atoms with van der Waals surface area (Å²) in [6.07, 6.45) is 0.813. The van der Waals surface area contributed by atoms with Gasteiger partial charge in [0.15, 0.2) is 11.5 Å². The van der Waals surface area contributed by atoms with Crippen LogP contribution in [-0.4, -0.2) is 78.7 Å². The van der Waals surface area contributed by atoms with Gasteiger partial charge in [0.1, 0.15) is 45.1 Å². The lowest BCUT2D eigenvalue weighted by atomic mass is 10.1. The Labute approximate surface area is 369 Å². The lowest BCUT2D eigenvalue weighted by Crippen LogP contribution is -2.14. The molecule has 0 unspecified atom stereocenters. The van der Waals surface area contributed by atoms with E-state index in [1.165, 1.54) is 61.7 Å². The van der Waals surface area contributed by atoms with Crippen molar-refractivity contribution < 1.29 is 67.7 Å². The van der Waals surface area contributed by atoms with Crippen LogP contribution in [0.1, 0.15) is 85.9 Å². The van der Waals surface area contributed by atoms with Gasteiger partial charge in [-0.3, -0.25) is 0 Å². The molecule has 342 valence electrons. The lowest BCUT2D eigenvalue weighted by Gasteiger charge is -2.13. The summed E-state index contributed by atoms with van der Waals surface area (Å²) in [6, 6.07) is 22.8. The number of methoxy groups -OCH3 is 1. The molecule has 0 heterocycles. The second-order valence-electron chi connectivity index (χ2n) is 12.7. The molecule has 19 nitrogen and oxygen atoms in total. The first kappa shape index (κ1) is 51.8. The molecule has 5 aromatic rings. The van der Waals surface area contributed by atoms with Crippen LogP contribution in [0.5, 0.6) is 28.7 Å². The van der Waals surface area contributed by atoms with E-state index in [9.17, 15) is 24.0 Å². The fourth-order valence-electron chi connectivity index (χ4n) is 5.16. The zero-order chi connectivity index (χ0) is 47.9. The maximum absolute atomic E-state index is 12.5. The van der Waals surface area contributed by atoms with Gasteiger partial charge in [-0.15, -0.1) is 0 Å². The largest absolute Gasteiger partial charge is 0.493 e. The Kier molecular flexibility index (Phi) is 21.1. The number of para-hydroxylation sites is 2. The van der Waals surface area contributed by atoms with Gasteiger partial charge in [-0.05, 0) is 100.0 Å². The van der Waals surface area contributed by atoms with Crippen LogP contribution in [0.3, 0.4) is 0 Å². The zero-order valence-corrected chi connectivity index (χ0v) is 35.9. The van der Waals surface area contributed by atoms with Crippen molar-refractivity contribution in [2.24, 2.45) is 0 Å². The molecular weight excluding hydrogens is 835 g/mol. The minimum atomic E-state index is -1.03. The van der Waals surface area contributed by atoms with Crippen LogP contribution in [-0.2, 0) is 4.74 Å². The molecular formula is C45H53N5O14. The minimum absolute atomic E-state index is 0.0333. The molecule has 0 bridgehead atoms. The number of carboxylic acids is 3. The number of ether oxygens (including phenoxy) is 6. The summed E-state index contributed by atoms with van der Waals surface area (Å²) in [4.78, 5) is 56.5. The number of hydrogen-bond donors (Lipinski definition) is 8. The van der Waals surface area contributed by atoms with Crippen molar-refractivity contribution in [3.63, 3.8) is 0 Å². The first-order chi connectivity index (χ1) is 30.4. The van der Waals surface area contributed by atoms with Gasteiger partial charge in [0, 0.05) is 23.1 Å². The van der Waals surface area contributed by atoms with E-state index in [1.807, 2.05) is 6.92 Å². The molecule has 0 aliphatic heterocycles. The van der Waals surface area contributed by atoms with Crippen molar-refractivity contribution in [1.82, 2.24) is 0 Å². The van der Waals surface area contributed by atoms with Crippen molar-refractivity contribution in [3.8, 4) is 28.7 Å². The lowest BCUT2D eigenvalue weighted by molar-refractivity contribution is 0.0589. The van der Waals surface area contributed by atoms with Gasteiger partial charge >= 0.3 is 29.8 Å². The summed E-state index contributed by atoms with van der Waals surface area (Å²) in [5, 5.41) is 26.4. The molecule has 0 aromatic heterocycles. The topological polar surface area (TPSA) is 332 Å². The van der Waals surface area contributed by atoms with Crippen LogP contribution < -0.4 is 52.4 Å². The standard InChI is InChI=1S/C17H18N2O5.C10H13NO3.2C9H11NO3/c1-3-23-15-11(5-4-6-13(15)19)17(21)24-14-8-7-10(18)9-12(14)16(20)22-2;1-2-6-14-9-7(10(12)13)4-3-5-8(9)11;1-2-13-8-4-3-6(10)5-7(8)9(11)12;1-2-13-8-5-6(10)3-4-7(8)9(11)12/h4-9H,3,18-19H2,1-2H3;3-5H,2,6,11H2,1H3,(H,12,13);2*3-5H,2,10H2,1H3,(H,11,12). The Bertz CT molecular complexity index is 2390. The number of aromatic carboxylic acids is 3. The van der Waals surface area contributed by atoms with E-state index in [0.29, 0.717) is 66.4 Å². The summed E-state index contributed by atoms with van der Waals surface area (Å²) < 4.78 is 30.9. The van der Waals surface area contributed by atoms with Crippen molar-refractivity contribution in [2.45, 2.75) is 34.1 Å². The second-order valence-corrected chi connectivity index (χ2v) is 12.7. The van der Waals surface area contributed by atoms with Crippen LogP contribution in [0.4, 0.5) is 28.4 Å². The number of carbonyl (C=O) groups excluding carboxylic acids is 2. The van der Waals surface area contributed by atoms with Crippen LogP contribution >= 0.6 is 0 Å². The Morgan fingerprint density at radius 3 is 1.45 bits per heavy atom. The van der Waals surface area contributed by atoms with Gasteiger partial charge in [0.2, 0.25) is 0 Å². The van der Waals surface area contributed by atoms with Crippen molar-refractivity contribution in [2.75, 3.05) is 62.2 Å². The third-order valence-electron chi connectivity index (χ3n) is 7.96. The monoisotopic (exact) mass is 887 g/mol. The number of carbonyl (C=O) groups is 5. The molecule has 0 aliphatic rings. The molecule has 0 atom stereocenters. The van der Waals surface area contributed by atoms with E-state index in [1.54, 1.807) is 57.2 Å². The SMILES string of the molecule is CCCOc1c(N)cccc1C(=O)O.CCOc1c(N)cccc1C(=O)Oc1ccc(N)cc1C(=O)OC.CCOc1cc(N)ccc1C(=O)O.CCOc1ccc(N)cc1C(=O)O. The summed E-state index contributed by atoms with van der Waals surface area (Å²) in [7, 11) is 1.22. The van der Waals surface area contributed by atoms with Gasteiger partial charge in [-0.1, -0.05) is 19.1 Å². The minimum Gasteiger partial charge on any atom is -0.493 e. The van der Waals surface area contributed by atoms with E-state index >= 15 is 0 Å². The Balaban J connectivity index is 0.000000307. The molecule has 0 amide bonds. The summed E-state index contributed by atoms with van der Waals surface area (Å²) in [6.45, 7) is 8.96. The van der Waals surface area contributed by atoms with Crippen LogP contribution in [0.2, 0.25) is 0 Å². The number of nitrogens with two attached hydrogens (primary N) is 5. The average molecular weight is 888 g/mol. The third kappa shape index (κ3) is 15.6. The Morgan fingerprint density at radius 1 is 0.469 bits per heavy atom. The number of esters is 2. The molecule has 13 N–H and O–H groups in total. The molecule has 64 heavy (non-hydrogen) atoms. The normalized spacial score (nSPS) is 9.83. The number of anilines is 5. The molecule has 19 heteroatoms.